The minimum atomic E-state index is -0.470. The topological polar surface area (TPSA) is 125 Å². The van der Waals surface area contributed by atoms with Gasteiger partial charge < -0.3 is 25.4 Å². The molecular weight excluding hydrogens is 406 g/mol. The molecule has 32 heavy (non-hydrogen) atoms. The molecule has 5 N–H and O–H groups in total. The Bertz CT molecular complexity index is 1260. The van der Waals surface area contributed by atoms with Crippen LogP contribution in [0.4, 0.5) is 0 Å². The van der Waals surface area contributed by atoms with Gasteiger partial charge in [0.05, 0.1) is 13.2 Å². The lowest BCUT2D eigenvalue weighted by molar-refractivity contribution is 0.100. The highest BCUT2D eigenvalue weighted by molar-refractivity contribution is 5.97. The first kappa shape index (κ1) is 21.0. The van der Waals surface area contributed by atoms with Crippen LogP contribution in [0, 0.1) is 5.41 Å². The molecule has 0 atom stereocenters. The number of fused-ring (bicyclic) bond motifs is 1. The maximum atomic E-state index is 11.4. The van der Waals surface area contributed by atoms with Crippen molar-refractivity contribution in [3.63, 3.8) is 0 Å². The van der Waals surface area contributed by atoms with Crippen LogP contribution in [0.1, 0.15) is 22.3 Å². The van der Waals surface area contributed by atoms with Gasteiger partial charge in [0.2, 0.25) is 5.91 Å². The van der Waals surface area contributed by atoms with Crippen molar-refractivity contribution < 1.29 is 18.7 Å². The average molecular weight is 429 g/mol. The molecule has 0 saturated carbocycles. The van der Waals surface area contributed by atoms with Crippen LogP contribution in [0.5, 0.6) is 11.5 Å². The smallest absolute Gasteiger partial charge is 0.248 e. The Hall–Kier alpha value is -4.26. The lowest BCUT2D eigenvalue weighted by atomic mass is 10.1. The van der Waals surface area contributed by atoms with E-state index in [-0.39, 0.29) is 5.84 Å². The van der Waals surface area contributed by atoms with E-state index in [4.69, 9.17) is 30.8 Å². The van der Waals surface area contributed by atoms with E-state index in [1.165, 1.54) is 0 Å². The third kappa shape index (κ3) is 4.89. The number of amides is 1. The molecule has 0 saturated heterocycles. The van der Waals surface area contributed by atoms with E-state index >= 15 is 0 Å². The minimum Gasteiger partial charge on any atom is -0.493 e. The quantitative estimate of drug-likeness (QED) is 0.207. The molecule has 1 amide bonds. The monoisotopic (exact) mass is 429 g/mol. The number of hydrogen-bond donors (Lipinski definition) is 3. The standard InChI is InChI=1S/C25H23N3O4/c26-24(27)16-5-8-20(9-6-16)30-11-2-12-31-21-4-1-3-17(14-21)23-15-19-13-18(25(28)29)7-10-22(19)32-23/h1,3-10,13-15H,2,11-12H2,(H3,26,27)(H2,28,29). The number of nitrogens with one attached hydrogen (secondary N) is 1. The molecule has 0 spiro atoms. The van der Waals surface area contributed by atoms with Crippen LogP contribution in [-0.4, -0.2) is 25.0 Å². The molecule has 0 unspecified atom stereocenters. The lowest BCUT2D eigenvalue weighted by Gasteiger charge is -2.09. The number of primary amides is 1. The van der Waals surface area contributed by atoms with Crippen molar-refractivity contribution in [3.8, 4) is 22.8 Å². The van der Waals surface area contributed by atoms with Crippen molar-refractivity contribution in [2.45, 2.75) is 6.42 Å². The summed E-state index contributed by atoms with van der Waals surface area (Å²) in [6, 6.07) is 21.7. The van der Waals surface area contributed by atoms with Crippen molar-refractivity contribution in [3.05, 3.63) is 83.9 Å². The van der Waals surface area contributed by atoms with Gasteiger partial charge in [0, 0.05) is 28.5 Å². The van der Waals surface area contributed by atoms with E-state index in [9.17, 15) is 4.79 Å². The number of carbonyl (C=O) groups excluding carboxylic acids is 1. The second-order valence-corrected chi connectivity index (χ2v) is 7.24. The summed E-state index contributed by atoms with van der Waals surface area (Å²) in [5.41, 5.74) is 13.5. The summed E-state index contributed by atoms with van der Waals surface area (Å²) in [7, 11) is 0. The largest absolute Gasteiger partial charge is 0.493 e. The summed E-state index contributed by atoms with van der Waals surface area (Å²) in [6.45, 7) is 1.00. The Balaban J connectivity index is 1.33. The Morgan fingerprint density at radius 1 is 0.844 bits per heavy atom. The van der Waals surface area contributed by atoms with Gasteiger partial charge in [0.25, 0.3) is 0 Å². The summed E-state index contributed by atoms with van der Waals surface area (Å²) in [5, 5.41) is 8.22. The van der Waals surface area contributed by atoms with Crippen LogP contribution in [0.3, 0.4) is 0 Å². The molecule has 0 radical (unpaired) electrons. The van der Waals surface area contributed by atoms with E-state index in [2.05, 4.69) is 0 Å². The highest BCUT2D eigenvalue weighted by Gasteiger charge is 2.10. The summed E-state index contributed by atoms with van der Waals surface area (Å²) >= 11 is 0. The second-order valence-electron chi connectivity index (χ2n) is 7.24. The fourth-order valence-electron chi connectivity index (χ4n) is 3.25. The van der Waals surface area contributed by atoms with Gasteiger partial charge in [-0.2, -0.15) is 0 Å². The minimum absolute atomic E-state index is 0.0326. The third-order valence-corrected chi connectivity index (χ3v) is 4.91. The zero-order chi connectivity index (χ0) is 22.5. The number of amidine groups is 1. The van der Waals surface area contributed by atoms with Crippen LogP contribution in [-0.2, 0) is 0 Å². The average Bonchev–Trinajstić information content (AvgIpc) is 3.23. The van der Waals surface area contributed by atoms with Gasteiger partial charge in [-0.1, -0.05) is 12.1 Å². The summed E-state index contributed by atoms with van der Waals surface area (Å²) < 4.78 is 17.5. The first-order valence-corrected chi connectivity index (χ1v) is 10.1. The van der Waals surface area contributed by atoms with Gasteiger partial charge in [-0.3, -0.25) is 10.2 Å². The molecule has 4 rings (SSSR count). The van der Waals surface area contributed by atoms with E-state index in [0.29, 0.717) is 42.1 Å². The number of hydrogen-bond acceptors (Lipinski definition) is 5. The number of nitrogen functional groups attached to an aromatic ring is 1. The van der Waals surface area contributed by atoms with Crippen molar-refractivity contribution in [2.24, 2.45) is 11.5 Å². The van der Waals surface area contributed by atoms with Gasteiger partial charge in [0.15, 0.2) is 0 Å². The van der Waals surface area contributed by atoms with Crippen LogP contribution >= 0.6 is 0 Å². The maximum Gasteiger partial charge on any atom is 0.248 e. The molecule has 0 aliphatic rings. The van der Waals surface area contributed by atoms with Crippen LogP contribution in [0.2, 0.25) is 0 Å². The predicted molar refractivity (Wildman–Crippen MR) is 123 cm³/mol. The highest BCUT2D eigenvalue weighted by atomic mass is 16.5. The molecule has 3 aromatic carbocycles. The normalized spacial score (nSPS) is 10.8. The number of rotatable bonds is 9. The maximum absolute atomic E-state index is 11.4. The molecule has 4 aromatic rings. The first-order valence-electron chi connectivity index (χ1n) is 10.1. The third-order valence-electron chi connectivity index (χ3n) is 4.91. The molecule has 7 nitrogen and oxygen atoms in total. The van der Waals surface area contributed by atoms with E-state index in [1.54, 1.807) is 42.5 Å². The summed E-state index contributed by atoms with van der Waals surface area (Å²) in [5.74, 6) is 1.70. The van der Waals surface area contributed by atoms with Crippen molar-refractivity contribution in [1.29, 1.82) is 5.41 Å². The Morgan fingerprint density at radius 3 is 2.28 bits per heavy atom. The van der Waals surface area contributed by atoms with E-state index in [1.807, 2.05) is 30.3 Å². The first-order chi connectivity index (χ1) is 15.5. The zero-order valence-corrected chi connectivity index (χ0v) is 17.3. The van der Waals surface area contributed by atoms with Crippen molar-refractivity contribution in [2.75, 3.05) is 13.2 Å². The Kier molecular flexibility index (Phi) is 6.07. The van der Waals surface area contributed by atoms with E-state index in [0.717, 1.165) is 22.4 Å². The molecule has 1 aromatic heterocycles. The molecule has 162 valence electrons. The summed E-state index contributed by atoms with van der Waals surface area (Å²) in [4.78, 5) is 11.4. The molecule has 0 aliphatic heterocycles. The molecule has 0 aliphatic carbocycles. The fraction of sp³-hybridized carbons (Fsp3) is 0.120. The zero-order valence-electron chi connectivity index (χ0n) is 17.3. The molecular formula is C25H23N3O4. The van der Waals surface area contributed by atoms with Crippen molar-refractivity contribution in [1.82, 2.24) is 0 Å². The summed E-state index contributed by atoms with van der Waals surface area (Å²) in [6.07, 6.45) is 0.708. The van der Waals surface area contributed by atoms with Gasteiger partial charge in [-0.15, -0.1) is 0 Å². The fourth-order valence-corrected chi connectivity index (χ4v) is 3.25. The number of carbonyl (C=O) groups is 1. The number of nitrogens with two attached hydrogens (primary N) is 2. The highest BCUT2D eigenvalue weighted by Crippen LogP contribution is 2.30. The van der Waals surface area contributed by atoms with Gasteiger partial charge in [-0.25, -0.2) is 0 Å². The van der Waals surface area contributed by atoms with Gasteiger partial charge in [0.1, 0.15) is 28.7 Å². The van der Waals surface area contributed by atoms with Gasteiger partial charge >= 0.3 is 0 Å². The SMILES string of the molecule is N=C(N)c1ccc(OCCCOc2cccc(-c3cc4cc(C(N)=O)ccc4o3)c2)cc1. The number of furan rings is 1. The Labute approximate surface area is 185 Å². The number of benzene rings is 3. The predicted octanol–water partition coefficient (Wildman–Crippen LogP) is 4.33. The van der Waals surface area contributed by atoms with Crippen molar-refractivity contribution >= 4 is 22.7 Å². The molecule has 7 heteroatoms. The number of ether oxygens (including phenoxy) is 2. The van der Waals surface area contributed by atoms with E-state index < -0.39 is 5.91 Å². The molecule has 1 heterocycles. The van der Waals surface area contributed by atoms with Crippen LogP contribution in [0.25, 0.3) is 22.3 Å². The Morgan fingerprint density at radius 2 is 1.56 bits per heavy atom. The van der Waals surface area contributed by atoms with Crippen LogP contribution in [0.15, 0.2) is 77.2 Å². The molecule has 0 fully saturated rings. The molecule has 0 bridgehead atoms. The lowest BCUT2D eigenvalue weighted by Crippen LogP contribution is -2.10. The van der Waals surface area contributed by atoms with Gasteiger partial charge in [-0.05, 0) is 60.7 Å². The second kappa shape index (κ2) is 9.26. The van der Waals surface area contributed by atoms with Crippen LogP contribution < -0.4 is 20.9 Å².